The average Bonchev–Trinajstić information content (AvgIpc) is 2.62. The molecule has 1 heterocycles. The number of hydrogen-bond acceptors (Lipinski definition) is 4. The molecule has 2 rings (SSSR count). The first kappa shape index (κ1) is 8.07. The number of rotatable bonds is 2. The molecule has 13 heavy (non-hydrogen) atoms. The highest BCUT2D eigenvalue weighted by Gasteiger charge is 1.97. The summed E-state index contributed by atoms with van der Waals surface area (Å²) in [4.78, 5) is 4.00. The van der Waals surface area contributed by atoms with Crippen LogP contribution in [0.4, 0.5) is 5.69 Å². The van der Waals surface area contributed by atoms with Crippen LogP contribution in [0.25, 0.3) is 0 Å². The maximum atomic E-state index is 5.53. The molecule has 1 aromatic carbocycles. The number of nitrogens with zero attached hydrogens (tertiary/aromatic N) is 1. The molecule has 0 saturated carbocycles. The molecule has 0 atom stereocenters. The van der Waals surface area contributed by atoms with Crippen LogP contribution >= 0.6 is 11.3 Å². The highest BCUT2D eigenvalue weighted by atomic mass is 32.1. The third kappa shape index (κ3) is 1.97. The number of ether oxygens (including phenoxy) is 1. The molecule has 0 aliphatic heterocycles. The molecular weight excluding hydrogens is 184 g/mol. The van der Waals surface area contributed by atoms with Crippen molar-refractivity contribution < 1.29 is 4.74 Å². The normalized spacial score (nSPS) is 9.85. The van der Waals surface area contributed by atoms with E-state index in [4.69, 9.17) is 10.5 Å². The van der Waals surface area contributed by atoms with Gasteiger partial charge in [-0.3, -0.25) is 0 Å². The van der Waals surface area contributed by atoms with Crippen LogP contribution in [-0.4, -0.2) is 4.98 Å². The van der Waals surface area contributed by atoms with E-state index in [1.807, 2.05) is 17.5 Å². The Balaban J connectivity index is 2.15. The summed E-state index contributed by atoms with van der Waals surface area (Å²) in [5.41, 5.74) is 6.26. The summed E-state index contributed by atoms with van der Waals surface area (Å²) in [5.74, 6) is 0.754. The van der Waals surface area contributed by atoms with Crippen molar-refractivity contribution in [1.82, 2.24) is 4.98 Å². The molecule has 0 radical (unpaired) electrons. The van der Waals surface area contributed by atoms with Gasteiger partial charge in [0.05, 0.1) is 0 Å². The van der Waals surface area contributed by atoms with Crippen molar-refractivity contribution >= 4 is 17.0 Å². The Bertz CT molecular complexity index is 369. The molecule has 0 aliphatic rings. The third-order valence-corrected chi connectivity index (χ3v) is 2.14. The van der Waals surface area contributed by atoms with Crippen LogP contribution in [0.2, 0.25) is 0 Å². The van der Waals surface area contributed by atoms with Gasteiger partial charge < -0.3 is 10.5 Å². The number of thiazole rings is 1. The first-order chi connectivity index (χ1) is 6.34. The van der Waals surface area contributed by atoms with Gasteiger partial charge in [0.15, 0.2) is 0 Å². The monoisotopic (exact) mass is 192 g/mol. The second-order valence-electron chi connectivity index (χ2n) is 2.47. The zero-order valence-corrected chi connectivity index (χ0v) is 7.62. The minimum absolute atomic E-state index is 0.643. The molecule has 0 saturated heterocycles. The first-order valence-corrected chi connectivity index (χ1v) is 4.65. The number of benzene rings is 1. The Hall–Kier alpha value is -1.55. The molecule has 0 spiro atoms. The molecule has 0 amide bonds. The van der Waals surface area contributed by atoms with E-state index in [1.54, 1.807) is 18.3 Å². The highest BCUT2D eigenvalue weighted by Crippen LogP contribution is 2.23. The van der Waals surface area contributed by atoms with Crippen molar-refractivity contribution in [2.75, 3.05) is 5.73 Å². The van der Waals surface area contributed by atoms with Gasteiger partial charge >= 0.3 is 0 Å². The first-order valence-electron chi connectivity index (χ1n) is 3.77. The lowest BCUT2D eigenvalue weighted by Crippen LogP contribution is -1.85. The van der Waals surface area contributed by atoms with Gasteiger partial charge in [-0.15, -0.1) is 0 Å². The van der Waals surface area contributed by atoms with Crippen LogP contribution < -0.4 is 10.5 Å². The Morgan fingerprint density at radius 1 is 1.23 bits per heavy atom. The van der Waals surface area contributed by atoms with Crippen molar-refractivity contribution in [2.45, 2.75) is 0 Å². The van der Waals surface area contributed by atoms with Crippen molar-refractivity contribution in [3.05, 3.63) is 35.8 Å². The standard InChI is InChI=1S/C9H8N2OS/c10-7-1-3-8(4-2-7)12-9-11-5-6-13-9/h1-6H,10H2. The molecule has 2 aromatic rings. The van der Waals surface area contributed by atoms with E-state index in [2.05, 4.69) is 4.98 Å². The van der Waals surface area contributed by atoms with Gasteiger partial charge in [0.2, 0.25) is 0 Å². The van der Waals surface area contributed by atoms with E-state index in [9.17, 15) is 0 Å². The Morgan fingerprint density at radius 2 is 2.00 bits per heavy atom. The number of nitrogens with two attached hydrogens (primary N) is 1. The Morgan fingerprint density at radius 3 is 2.62 bits per heavy atom. The van der Waals surface area contributed by atoms with Crippen LogP contribution in [0.15, 0.2) is 35.8 Å². The molecule has 0 bridgehead atoms. The van der Waals surface area contributed by atoms with E-state index in [1.165, 1.54) is 11.3 Å². The summed E-state index contributed by atoms with van der Waals surface area (Å²) in [6.07, 6.45) is 1.71. The zero-order valence-electron chi connectivity index (χ0n) is 6.81. The summed E-state index contributed by atoms with van der Waals surface area (Å²) in [5, 5.41) is 2.51. The summed E-state index contributed by atoms with van der Waals surface area (Å²) < 4.78 is 5.43. The number of anilines is 1. The molecule has 0 fully saturated rings. The van der Waals surface area contributed by atoms with E-state index < -0.39 is 0 Å². The molecule has 3 nitrogen and oxygen atoms in total. The summed E-state index contributed by atoms with van der Waals surface area (Å²) >= 11 is 1.46. The molecule has 0 aliphatic carbocycles. The van der Waals surface area contributed by atoms with Gasteiger partial charge in [-0.2, -0.15) is 0 Å². The third-order valence-electron chi connectivity index (χ3n) is 1.49. The predicted octanol–water partition coefficient (Wildman–Crippen LogP) is 2.52. The Kier molecular flexibility index (Phi) is 2.14. The second-order valence-corrected chi connectivity index (χ2v) is 3.33. The van der Waals surface area contributed by atoms with Gasteiger partial charge in [-0.25, -0.2) is 4.98 Å². The lowest BCUT2D eigenvalue weighted by molar-refractivity contribution is 0.479. The van der Waals surface area contributed by atoms with E-state index in [0.717, 1.165) is 11.4 Å². The predicted molar refractivity (Wildman–Crippen MR) is 53.0 cm³/mol. The van der Waals surface area contributed by atoms with Gasteiger partial charge in [0.25, 0.3) is 5.19 Å². The van der Waals surface area contributed by atoms with Crippen molar-refractivity contribution in [2.24, 2.45) is 0 Å². The minimum atomic E-state index is 0.643. The summed E-state index contributed by atoms with van der Waals surface area (Å²) in [7, 11) is 0. The van der Waals surface area contributed by atoms with Crippen LogP contribution in [0, 0.1) is 0 Å². The molecule has 66 valence electrons. The zero-order chi connectivity index (χ0) is 9.10. The molecule has 2 N–H and O–H groups in total. The van der Waals surface area contributed by atoms with Crippen molar-refractivity contribution in [3.63, 3.8) is 0 Å². The molecule has 4 heteroatoms. The largest absolute Gasteiger partial charge is 0.431 e. The quantitative estimate of drug-likeness (QED) is 0.744. The SMILES string of the molecule is Nc1ccc(Oc2nccs2)cc1. The van der Waals surface area contributed by atoms with E-state index in [-0.39, 0.29) is 0 Å². The van der Waals surface area contributed by atoms with E-state index >= 15 is 0 Å². The maximum absolute atomic E-state index is 5.53. The Labute approximate surface area is 79.8 Å². The number of hydrogen-bond donors (Lipinski definition) is 1. The number of aromatic nitrogens is 1. The fraction of sp³-hybridized carbons (Fsp3) is 0. The molecular formula is C9H8N2OS. The molecule has 0 unspecified atom stereocenters. The van der Waals surface area contributed by atoms with Gasteiger partial charge in [0.1, 0.15) is 5.75 Å². The van der Waals surface area contributed by atoms with Crippen molar-refractivity contribution in [1.29, 1.82) is 0 Å². The topological polar surface area (TPSA) is 48.1 Å². The van der Waals surface area contributed by atoms with Gasteiger partial charge in [-0.05, 0) is 24.3 Å². The maximum Gasteiger partial charge on any atom is 0.278 e. The van der Waals surface area contributed by atoms with Crippen LogP contribution in [-0.2, 0) is 0 Å². The van der Waals surface area contributed by atoms with Gasteiger partial charge in [-0.1, -0.05) is 11.3 Å². The lowest BCUT2D eigenvalue weighted by atomic mass is 10.3. The fourth-order valence-corrected chi connectivity index (χ4v) is 1.40. The lowest BCUT2D eigenvalue weighted by Gasteiger charge is -2.00. The smallest absolute Gasteiger partial charge is 0.278 e. The van der Waals surface area contributed by atoms with Gasteiger partial charge in [0, 0.05) is 17.3 Å². The number of nitrogen functional groups attached to an aromatic ring is 1. The summed E-state index contributed by atoms with van der Waals surface area (Å²) in [6.45, 7) is 0. The van der Waals surface area contributed by atoms with Crippen molar-refractivity contribution in [3.8, 4) is 10.9 Å². The molecule has 1 aromatic heterocycles. The fourth-order valence-electron chi connectivity index (χ4n) is 0.897. The van der Waals surface area contributed by atoms with E-state index in [0.29, 0.717) is 5.19 Å². The van der Waals surface area contributed by atoms with Crippen LogP contribution in [0.3, 0.4) is 0 Å². The minimum Gasteiger partial charge on any atom is -0.431 e. The second kappa shape index (κ2) is 3.45. The summed E-state index contributed by atoms with van der Waals surface area (Å²) in [6, 6.07) is 7.22. The highest BCUT2D eigenvalue weighted by molar-refractivity contribution is 7.11. The van der Waals surface area contributed by atoms with Crippen LogP contribution in [0.1, 0.15) is 0 Å². The van der Waals surface area contributed by atoms with Crippen LogP contribution in [0.5, 0.6) is 10.9 Å². The average molecular weight is 192 g/mol.